The lowest BCUT2D eigenvalue weighted by Crippen LogP contribution is -2.37. The van der Waals surface area contributed by atoms with Gasteiger partial charge in [-0.3, -0.25) is 24.4 Å². The zero-order valence-electron chi connectivity index (χ0n) is 16.6. The van der Waals surface area contributed by atoms with Crippen molar-refractivity contribution in [3.8, 4) is 0 Å². The molecule has 3 aromatic rings. The number of carbonyl (C=O) groups excluding carboxylic acids is 3. The smallest absolute Gasteiger partial charge is 0.293 e. The molecule has 2 amide bonds. The summed E-state index contributed by atoms with van der Waals surface area (Å²) < 4.78 is 6.90. The molecule has 0 radical (unpaired) electrons. The summed E-state index contributed by atoms with van der Waals surface area (Å²) in [6.45, 7) is 4.89. The van der Waals surface area contributed by atoms with E-state index in [4.69, 9.17) is 4.42 Å². The van der Waals surface area contributed by atoms with Crippen LogP contribution in [0.25, 0.3) is 0 Å². The highest BCUT2D eigenvalue weighted by atomic mass is 32.1. The fourth-order valence-electron chi connectivity index (χ4n) is 3.47. The molecule has 0 aromatic carbocycles. The number of anilines is 1. The molecule has 0 bridgehead atoms. The van der Waals surface area contributed by atoms with Crippen LogP contribution in [0.5, 0.6) is 0 Å². The largest absolute Gasteiger partial charge is 0.459 e. The van der Waals surface area contributed by atoms with Gasteiger partial charge in [0.25, 0.3) is 5.91 Å². The summed E-state index contributed by atoms with van der Waals surface area (Å²) in [5.41, 5.74) is 2.51. The molecule has 1 atom stereocenters. The van der Waals surface area contributed by atoms with Gasteiger partial charge < -0.3 is 9.73 Å². The number of Topliss-reactive ketones (excluding diaryl/α,β-unsaturated/α-hetero) is 1. The van der Waals surface area contributed by atoms with Crippen LogP contribution in [0.1, 0.15) is 43.7 Å². The van der Waals surface area contributed by atoms with E-state index >= 15 is 0 Å². The van der Waals surface area contributed by atoms with Crippen molar-refractivity contribution in [1.82, 2.24) is 20.1 Å². The molecule has 156 valence electrons. The molecule has 3 aromatic heterocycles. The van der Waals surface area contributed by atoms with Crippen LogP contribution in [-0.2, 0) is 17.8 Å². The van der Waals surface area contributed by atoms with Crippen LogP contribution in [0.4, 0.5) is 5.13 Å². The Morgan fingerprint density at radius 1 is 1.33 bits per heavy atom. The highest BCUT2D eigenvalue weighted by Crippen LogP contribution is 2.32. The molecule has 4 rings (SSSR count). The number of thiazole rings is 1. The van der Waals surface area contributed by atoms with Crippen molar-refractivity contribution in [1.29, 1.82) is 0 Å². The van der Waals surface area contributed by atoms with E-state index in [1.54, 1.807) is 12.1 Å². The third kappa shape index (κ3) is 4.18. The molecule has 0 saturated carbocycles. The number of carbonyl (C=O) groups is 3. The molecule has 9 nitrogen and oxygen atoms in total. The van der Waals surface area contributed by atoms with Gasteiger partial charge in [-0.15, -0.1) is 0 Å². The number of nitrogens with zero attached hydrogens (tertiary/aromatic N) is 3. The molecule has 0 saturated heterocycles. The van der Waals surface area contributed by atoms with Crippen molar-refractivity contribution in [3.05, 3.63) is 52.2 Å². The van der Waals surface area contributed by atoms with Crippen molar-refractivity contribution in [2.75, 3.05) is 11.9 Å². The Labute approximate surface area is 176 Å². The van der Waals surface area contributed by atoms with E-state index in [-0.39, 0.29) is 23.9 Å². The summed E-state index contributed by atoms with van der Waals surface area (Å²) in [5, 5.41) is 10.2. The summed E-state index contributed by atoms with van der Waals surface area (Å²) in [7, 11) is 0. The number of nitrogens with one attached hydrogen (secondary N) is 2. The molecule has 1 unspecified atom stereocenters. The Kier molecular flexibility index (Phi) is 5.49. The second kappa shape index (κ2) is 8.23. The maximum absolute atomic E-state index is 12.6. The lowest BCUT2D eigenvalue weighted by atomic mass is 9.89. The van der Waals surface area contributed by atoms with Crippen LogP contribution >= 0.6 is 11.3 Å². The van der Waals surface area contributed by atoms with Crippen LogP contribution < -0.4 is 10.6 Å². The average molecular weight is 427 g/mol. The lowest BCUT2D eigenvalue weighted by Gasteiger charge is -2.19. The topological polar surface area (TPSA) is 119 Å². The zero-order valence-corrected chi connectivity index (χ0v) is 17.4. The summed E-state index contributed by atoms with van der Waals surface area (Å²) in [4.78, 5) is 42.1. The average Bonchev–Trinajstić information content (AvgIpc) is 3.42. The molecule has 3 heterocycles. The SMILES string of the molecule is Cc1cc(C)n(CCNC(=O)C2CC(=O)c3sc(NC(=O)c4ccco4)nc3C2)n1. The highest BCUT2D eigenvalue weighted by molar-refractivity contribution is 7.17. The molecule has 0 fully saturated rings. The van der Waals surface area contributed by atoms with Crippen LogP contribution in [0.3, 0.4) is 0 Å². The van der Waals surface area contributed by atoms with E-state index in [1.165, 1.54) is 6.26 Å². The molecule has 10 heteroatoms. The lowest BCUT2D eigenvalue weighted by molar-refractivity contribution is -0.125. The number of ketones is 1. The summed E-state index contributed by atoms with van der Waals surface area (Å²) in [6, 6.07) is 5.14. The van der Waals surface area contributed by atoms with Crippen LogP contribution in [0.15, 0.2) is 28.9 Å². The van der Waals surface area contributed by atoms with E-state index in [9.17, 15) is 14.4 Å². The van der Waals surface area contributed by atoms with Crippen LogP contribution in [0, 0.1) is 19.8 Å². The van der Waals surface area contributed by atoms with Gasteiger partial charge in [0.1, 0.15) is 0 Å². The van der Waals surface area contributed by atoms with Crippen LogP contribution in [-0.4, -0.2) is 38.9 Å². The van der Waals surface area contributed by atoms with Gasteiger partial charge in [0.05, 0.1) is 35.0 Å². The Balaban J connectivity index is 1.36. The zero-order chi connectivity index (χ0) is 21.3. The molecule has 1 aliphatic rings. The normalized spacial score (nSPS) is 15.7. The standard InChI is InChI=1S/C20H21N5O4S/c1-11-8-12(2)25(24-11)6-5-21-18(27)13-9-14-17(15(26)10-13)30-20(22-14)23-19(28)16-4-3-7-29-16/h3-4,7-8,13H,5-6,9-10H2,1-2H3,(H,21,27)(H,22,23,28). The Morgan fingerprint density at radius 3 is 2.87 bits per heavy atom. The minimum atomic E-state index is -0.471. The number of amides is 2. The van der Waals surface area contributed by atoms with Crippen molar-refractivity contribution < 1.29 is 18.8 Å². The third-order valence-electron chi connectivity index (χ3n) is 4.88. The highest BCUT2D eigenvalue weighted by Gasteiger charge is 2.33. The number of hydrogen-bond acceptors (Lipinski definition) is 7. The van der Waals surface area contributed by atoms with Gasteiger partial charge in [-0.25, -0.2) is 4.98 Å². The van der Waals surface area contributed by atoms with Gasteiger partial charge in [0.2, 0.25) is 5.91 Å². The van der Waals surface area contributed by atoms with E-state index in [1.807, 2.05) is 24.6 Å². The van der Waals surface area contributed by atoms with Gasteiger partial charge in [0, 0.05) is 25.1 Å². The predicted octanol–water partition coefficient (Wildman–Crippen LogP) is 2.36. The maximum atomic E-state index is 12.6. The number of hydrogen-bond donors (Lipinski definition) is 2. The number of rotatable bonds is 6. The molecule has 2 N–H and O–H groups in total. The summed E-state index contributed by atoms with van der Waals surface area (Å²) >= 11 is 1.12. The van der Waals surface area contributed by atoms with E-state index in [0.717, 1.165) is 22.7 Å². The number of aromatic nitrogens is 3. The van der Waals surface area contributed by atoms with E-state index in [0.29, 0.717) is 35.2 Å². The third-order valence-corrected chi connectivity index (χ3v) is 5.94. The Hall–Kier alpha value is -3.27. The Bertz CT molecular complexity index is 1100. The van der Waals surface area contributed by atoms with Crippen molar-refractivity contribution in [2.24, 2.45) is 5.92 Å². The molecular formula is C20H21N5O4S. The van der Waals surface area contributed by atoms with Gasteiger partial charge >= 0.3 is 0 Å². The first-order valence-corrected chi connectivity index (χ1v) is 10.4. The van der Waals surface area contributed by atoms with Crippen molar-refractivity contribution in [2.45, 2.75) is 33.2 Å². The number of fused-ring (bicyclic) bond motifs is 1. The predicted molar refractivity (Wildman–Crippen MR) is 110 cm³/mol. The second-order valence-corrected chi connectivity index (χ2v) is 8.19. The van der Waals surface area contributed by atoms with Gasteiger partial charge in [-0.05, 0) is 32.0 Å². The van der Waals surface area contributed by atoms with Crippen LogP contribution in [0.2, 0.25) is 0 Å². The molecule has 0 aliphatic heterocycles. The quantitative estimate of drug-likeness (QED) is 0.623. The minimum absolute atomic E-state index is 0.131. The number of furan rings is 1. The van der Waals surface area contributed by atoms with Crippen molar-refractivity contribution >= 4 is 34.1 Å². The van der Waals surface area contributed by atoms with Crippen molar-refractivity contribution in [3.63, 3.8) is 0 Å². The molecular weight excluding hydrogens is 406 g/mol. The van der Waals surface area contributed by atoms with E-state index < -0.39 is 11.8 Å². The Morgan fingerprint density at radius 2 is 2.17 bits per heavy atom. The van der Waals surface area contributed by atoms with E-state index in [2.05, 4.69) is 20.7 Å². The second-order valence-electron chi connectivity index (χ2n) is 7.20. The first-order chi connectivity index (χ1) is 14.4. The minimum Gasteiger partial charge on any atom is -0.459 e. The molecule has 0 spiro atoms. The summed E-state index contributed by atoms with van der Waals surface area (Å²) in [6.07, 6.45) is 1.90. The maximum Gasteiger partial charge on any atom is 0.293 e. The first-order valence-electron chi connectivity index (χ1n) is 9.57. The first kappa shape index (κ1) is 20.0. The fourth-order valence-corrected chi connectivity index (χ4v) is 4.40. The van der Waals surface area contributed by atoms with Gasteiger partial charge in [-0.2, -0.15) is 5.10 Å². The monoisotopic (exact) mass is 427 g/mol. The fraction of sp³-hybridized carbons (Fsp3) is 0.350. The number of aryl methyl sites for hydroxylation is 2. The van der Waals surface area contributed by atoms with Gasteiger partial charge in [0.15, 0.2) is 16.7 Å². The molecule has 30 heavy (non-hydrogen) atoms. The molecule has 1 aliphatic carbocycles. The summed E-state index contributed by atoms with van der Waals surface area (Å²) in [5.74, 6) is -1.05. The van der Waals surface area contributed by atoms with Gasteiger partial charge in [-0.1, -0.05) is 11.3 Å².